The molecule has 0 aliphatic carbocycles. The number of carbonyl (C=O) groups is 1. The summed E-state index contributed by atoms with van der Waals surface area (Å²) in [6.07, 6.45) is 3.35. The SMILES string of the molecule is Cc1cc(-n2cccn2)ccc1CN1CCO[C@H](C(=O)N(C)C)C1. The largest absolute Gasteiger partial charge is 0.366 e. The van der Waals surface area contributed by atoms with E-state index in [1.807, 2.05) is 16.9 Å². The molecule has 0 saturated carbocycles. The van der Waals surface area contributed by atoms with E-state index >= 15 is 0 Å². The van der Waals surface area contributed by atoms with Gasteiger partial charge in [-0.1, -0.05) is 6.07 Å². The van der Waals surface area contributed by atoms with Crippen LogP contribution < -0.4 is 0 Å². The third-order valence-corrected chi connectivity index (χ3v) is 4.36. The number of morpholine rings is 1. The lowest BCUT2D eigenvalue weighted by Crippen LogP contribution is -2.49. The van der Waals surface area contributed by atoms with Gasteiger partial charge in [-0.2, -0.15) is 5.10 Å². The van der Waals surface area contributed by atoms with Crippen molar-refractivity contribution in [2.24, 2.45) is 0 Å². The van der Waals surface area contributed by atoms with E-state index < -0.39 is 0 Å². The van der Waals surface area contributed by atoms with Gasteiger partial charge in [0.2, 0.25) is 0 Å². The Morgan fingerprint density at radius 2 is 2.25 bits per heavy atom. The van der Waals surface area contributed by atoms with Gasteiger partial charge in [0.15, 0.2) is 0 Å². The normalized spacial score (nSPS) is 18.5. The Kier molecular flexibility index (Phi) is 4.97. The van der Waals surface area contributed by atoms with Crippen molar-refractivity contribution in [3.05, 3.63) is 47.8 Å². The van der Waals surface area contributed by atoms with Gasteiger partial charge in [0, 0.05) is 46.1 Å². The van der Waals surface area contributed by atoms with Crippen molar-refractivity contribution in [2.75, 3.05) is 33.8 Å². The van der Waals surface area contributed by atoms with E-state index in [0.29, 0.717) is 13.2 Å². The van der Waals surface area contributed by atoms with E-state index in [1.54, 1.807) is 25.2 Å². The topological polar surface area (TPSA) is 50.6 Å². The molecule has 0 radical (unpaired) electrons. The molecule has 0 spiro atoms. The fraction of sp³-hybridized carbons (Fsp3) is 0.444. The van der Waals surface area contributed by atoms with Crippen LogP contribution in [0.5, 0.6) is 0 Å². The van der Waals surface area contributed by atoms with E-state index in [4.69, 9.17) is 4.74 Å². The van der Waals surface area contributed by atoms with E-state index in [1.165, 1.54) is 11.1 Å². The monoisotopic (exact) mass is 328 g/mol. The zero-order valence-electron chi connectivity index (χ0n) is 14.5. The van der Waals surface area contributed by atoms with Crippen LogP contribution in [0.15, 0.2) is 36.7 Å². The molecule has 1 aromatic heterocycles. The van der Waals surface area contributed by atoms with Crippen LogP contribution in [0.4, 0.5) is 0 Å². The molecular formula is C18H24N4O2. The van der Waals surface area contributed by atoms with Gasteiger partial charge in [-0.15, -0.1) is 0 Å². The van der Waals surface area contributed by atoms with Gasteiger partial charge in [0.1, 0.15) is 6.10 Å². The van der Waals surface area contributed by atoms with Gasteiger partial charge in [0.05, 0.1) is 12.3 Å². The molecule has 2 aromatic rings. The van der Waals surface area contributed by atoms with Crippen molar-refractivity contribution in [3.63, 3.8) is 0 Å². The number of nitrogens with zero attached hydrogens (tertiary/aromatic N) is 4. The number of amides is 1. The van der Waals surface area contributed by atoms with Crippen molar-refractivity contribution in [1.82, 2.24) is 19.6 Å². The molecule has 0 unspecified atom stereocenters. The Hall–Kier alpha value is -2.18. The number of hydrogen-bond donors (Lipinski definition) is 0. The Bertz CT molecular complexity index is 697. The molecule has 6 heteroatoms. The highest BCUT2D eigenvalue weighted by Gasteiger charge is 2.27. The van der Waals surface area contributed by atoms with Gasteiger partial charge in [-0.3, -0.25) is 9.69 Å². The molecule has 1 saturated heterocycles. The van der Waals surface area contributed by atoms with Crippen molar-refractivity contribution in [2.45, 2.75) is 19.6 Å². The second-order valence-electron chi connectivity index (χ2n) is 6.39. The number of benzene rings is 1. The van der Waals surface area contributed by atoms with Crippen molar-refractivity contribution in [3.8, 4) is 5.69 Å². The summed E-state index contributed by atoms with van der Waals surface area (Å²) in [4.78, 5) is 16.0. The van der Waals surface area contributed by atoms with Crippen LogP contribution in [0.2, 0.25) is 0 Å². The second-order valence-corrected chi connectivity index (χ2v) is 6.39. The Morgan fingerprint density at radius 1 is 1.42 bits per heavy atom. The predicted octanol–water partition coefficient (Wildman–Crippen LogP) is 1.47. The quantitative estimate of drug-likeness (QED) is 0.853. The fourth-order valence-electron chi connectivity index (χ4n) is 2.95. The summed E-state index contributed by atoms with van der Waals surface area (Å²) in [5.41, 5.74) is 3.55. The van der Waals surface area contributed by atoms with E-state index in [0.717, 1.165) is 18.8 Å². The average molecular weight is 328 g/mol. The molecule has 1 aliphatic rings. The van der Waals surface area contributed by atoms with E-state index in [-0.39, 0.29) is 12.0 Å². The zero-order chi connectivity index (χ0) is 17.1. The van der Waals surface area contributed by atoms with Gasteiger partial charge in [-0.05, 0) is 36.2 Å². The van der Waals surface area contributed by atoms with Crippen LogP contribution in [0, 0.1) is 6.92 Å². The minimum atomic E-state index is -0.364. The van der Waals surface area contributed by atoms with Crippen LogP contribution in [0.1, 0.15) is 11.1 Å². The Labute approximate surface area is 142 Å². The van der Waals surface area contributed by atoms with Gasteiger partial charge in [-0.25, -0.2) is 4.68 Å². The van der Waals surface area contributed by atoms with Gasteiger partial charge in [0.25, 0.3) is 5.91 Å². The smallest absolute Gasteiger partial charge is 0.252 e. The lowest BCUT2D eigenvalue weighted by molar-refractivity contribution is -0.147. The van der Waals surface area contributed by atoms with Crippen LogP contribution in [-0.4, -0.2) is 65.4 Å². The maximum atomic E-state index is 12.1. The third kappa shape index (κ3) is 3.66. The lowest BCUT2D eigenvalue weighted by atomic mass is 10.1. The molecule has 1 atom stereocenters. The van der Waals surface area contributed by atoms with Crippen LogP contribution in [-0.2, 0) is 16.1 Å². The standard InChI is InChI=1S/C18H24N4O2/c1-14-11-16(22-8-4-7-19-22)6-5-15(14)12-21-9-10-24-17(13-21)18(23)20(2)3/h4-8,11,17H,9-10,12-13H2,1-3H3/t17-/m0/s1. The first-order chi connectivity index (χ1) is 11.5. The molecule has 1 aromatic carbocycles. The molecule has 6 nitrogen and oxygen atoms in total. The molecule has 2 heterocycles. The molecule has 3 rings (SSSR count). The number of hydrogen-bond acceptors (Lipinski definition) is 4. The Morgan fingerprint density at radius 3 is 2.92 bits per heavy atom. The maximum absolute atomic E-state index is 12.1. The highest BCUT2D eigenvalue weighted by molar-refractivity contribution is 5.80. The highest BCUT2D eigenvalue weighted by Crippen LogP contribution is 2.18. The first-order valence-corrected chi connectivity index (χ1v) is 8.19. The molecular weight excluding hydrogens is 304 g/mol. The minimum absolute atomic E-state index is 0.0328. The number of likely N-dealkylation sites (N-methyl/N-ethyl adjacent to an activating group) is 1. The van der Waals surface area contributed by atoms with Gasteiger partial charge >= 0.3 is 0 Å². The fourth-order valence-corrected chi connectivity index (χ4v) is 2.95. The van der Waals surface area contributed by atoms with Crippen LogP contribution in [0.3, 0.4) is 0 Å². The van der Waals surface area contributed by atoms with Crippen molar-refractivity contribution < 1.29 is 9.53 Å². The number of carbonyl (C=O) groups excluding carboxylic acids is 1. The summed E-state index contributed by atoms with van der Waals surface area (Å²) in [5, 5.41) is 4.27. The van der Waals surface area contributed by atoms with E-state index in [2.05, 4.69) is 35.1 Å². The van der Waals surface area contributed by atoms with E-state index in [9.17, 15) is 4.79 Å². The number of rotatable bonds is 4. The maximum Gasteiger partial charge on any atom is 0.252 e. The molecule has 0 bridgehead atoms. The number of aryl methyl sites for hydroxylation is 1. The molecule has 128 valence electrons. The first kappa shape index (κ1) is 16.7. The molecule has 1 fully saturated rings. The predicted molar refractivity (Wildman–Crippen MR) is 92.0 cm³/mol. The van der Waals surface area contributed by atoms with Crippen LogP contribution >= 0.6 is 0 Å². The molecule has 24 heavy (non-hydrogen) atoms. The Balaban J connectivity index is 1.68. The lowest BCUT2D eigenvalue weighted by Gasteiger charge is -2.33. The molecule has 1 amide bonds. The summed E-state index contributed by atoms with van der Waals surface area (Å²) in [7, 11) is 3.53. The molecule has 0 N–H and O–H groups in total. The summed E-state index contributed by atoms with van der Waals surface area (Å²) in [6.45, 7) is 5.01. The molecule has 1 aliphatic heterocycles. The number of ether oxygens (including phenoxy) is 1. The summed E-state index contributed by atoms with van der Waals surface area (Å²) < 4.78 is 7.48. The summed E-state index contributed by atoms with van der Waals surface area (Å²) in [6, 6.07) is 8.28. The summed E-state index contributed by atoms with van der Waals surface area (Å²) >= 11 is 0. The zero-order valence-corrected chi connectivity index (χ0v) is 14.5. The van der Waals surface area contributed by atoms with Gasteiger partial charge < -0.3 is 9.64 Å². The second kappa shape index (κ2) is 7.15. The third-order valence-electron chi connectivity index (χ3n) is 4.36. The first-order valence-electron chi connectivity index (χ1n) is 8.19. The highest BCUT2D eigenvalue weighted by atomic mass is 16.5. The van der Waals surface area contributed by atoms with Crippen LogP contribution in [0.25, 0.3) is 5.69 Å². The summed E-state index contributed by atoms with van der Waals surface area (Å²) in [5.74, 6) is 0.0328. The van der Waals surface area contributed by atoms with Crippen molar-refractivity contribution in [1.29, 1.82) is 0 Å². The average Bonchev–Trinajstić information content (AvgIpc) is 3.10. The van der Waals surface area contributed by atoms with Crippen molar-refractivity contribution >= 4 is 5.91 Å². The minimum Gasteiger partial charge on any atom is -0.366 e. The number of aromatic nitrogens is 2.